The number of rotatable bonds is 5. The van der Waals surface area contributed by atoms with Crippen molar-refractivity contribution in [3.05, 3.63) is 34.1 Å². The second-order valence-corrected chi connectivity index (χ2v) is 7.28. The molecule has 1 aliphatic rings. The van der Waals surface area contributed by atoms with Crippen LogP contribution in [0.4, 0.5) is 4.39 Å². The third-order valence-electron chi connectivity index (χ3n) is 4.31. The molecule has 0 aromatic heterocycles. The lowest BCUT2D eigenvalue weighted by atomic mass is 9.73. The smallest absolute Gasteiger partial charge is 0.143 e. The first-order chi connectivity index (χ1) is 9.43. The van der Waals surface area contributed by atoms with Gasteiger partial charge in [-0.05, 0) is 48.9 Å². The molecule has 1 aliphatic carbocycles. The van der Waals surface area contributed by atoms with Crippen molar-refractivity contribution in [1.82, 2.24) is 0 Å². The summed E-state index contributed by atoms with van der Waals surface area (Å²) in [6.07, 6.45) is 5.57. The minimum atomic E-state index is -0.277. The van der Waals surface area contributed by atoms with Crippen molar-refractivity contribution in [2.75, 3.05) is 0 Å². The fourth-order valence-electron chi connectivity index (χ4n) is 3.47. The van der Waals surface area contributed by atoms with Gasteiger partial charge >= 0.3 is 0 Å². The Morgan fingerprint density at radius 2 is 2.00 bits per heavy atom. The van der Waals surface area contributed by atoms with Gasteiger partial charge in [-0.15, -0.1) is 0 Å². The molecule has 1 aromatic carbocycles. The first kappa shape index (κ1) is 15.7. The van der Waals surface area contributed by atoms with Crippen LogP contribution in [0.2, 0.25) is 0 Å². The second-order valence-electron chi connectivity index (χ2n) is 6.42. The van der Waals surface area contributed by atoms with E-state index in [1.165, 1.54) is 12.1 Å². The van der Waals surface area contributed by atoms with Gasteiger partial charge in [-0.2, -0.15) is 0 Å². The maximum Gasteiger partial charge on any atom is 0.143 e. The second kappa shape index (κ2) is 6.38. The molecule has 0 bridgehead atoms. The Bertz CT molecular complexity index is 490. The summed E-state index contributed by atoms with van der Waals surface area (Å²) in [6, 6.07) is 4.57. The minimum absolute atomic E-state index is 0.167. The Morgan fingerprint density at radius 3 is 2.60 bits per heavy atom. The van der Waals surface area contributed by atoms with Crippen molar-refractivity contribution in [2.24, 2.45) is 11.3 Å². The molecule has 0 amide bonds. The van der Waals surface area contributed by atoms with Crippen LogP contribution in [0.3, 0.4) is 0 Å². The van der Waals surface area contributed by atoms with Gasteiger partial charge in [-0.3, -0.25) is 4.79 Å². The van der Waals surface area contributed by atoms with Gasteiger partial charge in [0.05, 0.1) is 0 Å². The first-order valence-electron chi connectivity index (χ1n) is 7.40. The Balaban J connectivity index is 2.18. The van der Waals surface area contributed by atoms with E-state index in [1.54, 1.807) is 6.07 Å². The maximum absolute atomic E-state index is 13.3. The highest BCUT2D eigenvalue weighted by atomic mass is 79.9. The molecule has 0 spiro atoms. The van der Waals surface area contributed by atoms with Crippen LogP contribution in [0.25, 0.3) is 0 Å². The van der Waals surface area contributed by atoms with E-state index in [1.807, 2.05) is 0 Å². The molecule has 110 valence electrons. The van der Waals surface area contributed by atoms with Crippen LogP contribution in [0.5, 0.6) is 0 Å². The molecule has 20 heavy (non-hydrogen) atoms. The summed E-state index contributed by atoms with van der Waals surface area (Å²) in [7, 11) is 0. The number of hydrogen-bond acceptors (Lipinski definition) is 1. The lowest BCUT2D eigenvalue weighted by molar-refractivity contribution is -0.128. The van der Waals surface area contributed by atoms with Gasteiger partial charge in [0.25, 0.3) is 0 Å². The minimum Gasteiger partial charge on any atom is -0.299 e. The SMILES string of the molecule is CC(C)CC1(C(=O)Cc2cc(F)ccc2Br)CCCC1. The third-order valence-corrected chi connectivity index (χ3v) is 5.08. The van der Waals surface area contributed by atoms with Crippen molar-refractivity contribution in [1.29, 1.82) is 0 Å². The Labute approximate surface area is 129 Å². The summed E-state index contributed by atoms with van der Waals surface area (Å²) >= 11 is 3.42. The Kier molecular flexibility index (Phi) is 5.00. The largest absolute Gasteiger partial charge is 0.299 e. The van der Waals surface area contributed by atoms with Gasteiger partial charge in [-0.25, -0.2) is 4.39 Å². The standard InChI is InChI=1S/C17H22BrFO/c1-12(2)11-17(7-3-4-8-17)16(20)10-13-9-14(19)5-6-15(13)18/h5-6,9,12H,3-4,7-8,10-11H2,1-2H3. The summed E-state index contributed by atoms with van der Waals surface area (Å²) in [5, 5.41) is 0. The molecule has 2 rings (SSSR count). The number of Topliss-reactive ketones (excluding diaryl/α,β-unsaturated/α-hetero) is 1. The fraction of sp³-hybridized carbons (Fsp3) is 0.588. The van der Waals surface area contributed by atoms with Gasteiger partial charge in [0.1, 0.15) is 11.6 Å². The van der Waals surface area contributed by atoms with Crippen LogP contribution in [-0.4, -0.2) is 5.78 Å². The zero-order valence-corrected chi connectivity index (χ0v) is 13.8. The van der Waals surface area contributed by atoms with Crippen molar-refractivity contribution in [3.8, 4) is 0 Å². The topological polar surface area (TPSA) is 17.1 Å². The predicted octanol–water partition coefficient (Wildman–Crippen LogP) is 5.31. The summed E-state index contributed by atoms with van der Waals surface area (Å²) < 4.78 is 14.2. The zero-order valence-electron chi connectivity index (χ0n) is 12.2. The number of carbonyl (C=O) groups excluding carboxylic acids is 1. The molecule has 1 nitrogen and oxygen atoms in total. The molecule has 0 radical (unpaired) electrons. The fourth-order valence-corrected chi connectivity index (χ4v) is 3.86. The average Bonchev–Trinajstić information content (AvgIpc) is 2.82. The van der Waals surface area contributed by atoms with E-state index in [9.17, 15) is 9.18 Å². The van der Waals surface area contributed by atoms with Crippen molar-refractivity contribution < 1.29 is 9.18 Å². The number of carbonyl (C=O) groups is 1. The van der Waals surface area contributed by atoms with Gasteiger partial charge in [0.15, 0.2) is 0 Å². The molecule has 1 aromatic rings. The van der Waals surface area contributed by atoms with Crippen LogP contribution >= 0.6 is 15.9 Å². The van der Waals surface area contributed by atoms with Crippen LogP contribution in [-0.2, 0) is 11.2 Å². The van der Waals surface area contributed by atoms with E-state index in [0.717, 1.165) is 42.1 Å². The number of halogens is 2. The monoisotopic (exact) mass is 340 g/mol. The summed E-state index contributed by atoms with van der Waals surface area (Å²) in [5.41, 5.74) is 0.602. The number of benzene rings is 1. The van der Waals surface area contributed by atoms with Crippen LogP contribution in [0, 0.1) is 17.2 Å². The molecular formula is C17H22BrFO. The molecule has 0 saturated heterocycles. The summed E-state index contributed by atoms with van der Waals surface area (Å²) in [4.78, 5) is 12.8. The molecule has 3 heteroatoms. The van der Waals surface area contributed by atoms with Crippen molar-refractivity contribution >= 4 is 21.7 Å². The highest BCUT2D eigenvalue weighted by Gasteiger charge is 2.40. The third kappa shape index (κ3) is 3.49. The lowest BCUT2D eigenvalue weighted by Gasteiger charge is -2.29. The van der Waals surface area contributed by atoms with Crippen LogP contribution in [0.1, 0.15) is 51.5 Å². The zero-order chi connectivity index (χ0) is 14.8. The number of ketones is 1. The quantitative estimate of drug-likeness (QED) is 0.710. The molecule has 0 unspecified atom stereocenters. The Hall–Kier alpha value is -0.700. The van der Waals surface area contributed by atoms with E-state index in [4.69, 9.17) is 0 Å². The lowest BCUT2D eigenvalue weighted by Crippen LogP contribution is -2.31. The van der Waals surface area contributed by atoms with Crippen LogP contribution < -0.4 is 0 Å². The summed E-state index contributed by atoms with van der Waals surface area (Å²) in [5.74, 6) is 0.531. The average molecular weight is 341 g/mol. The van der Waals surface area contributed by atoms with Gasteiger partial charge in [-0.1, -0.05) is 42.6 Å². The van der Waals surface area contributed by atoms with E-state index in [0.29, 0.717) is 12.3 Å². The summed E-state index contributed by atoms with van der Waals surface area (Å²) in [6.45, 7) is 4.34. The van der Waals surface area contributed by atoms with Gasteiger partial charge in [0.2, 0.25) is 0 Å². The number of hydrogen-bond donors (Lipinski definition) is 0. The van der Waals surface area contributed by atoms with Crippen molar-refractivity contribution in [2.45, 2.75) is 52.4 Å². The highest BCUT2D eigenvalue weighted by molar-refractivity contribution is 9.10. The molecule has 0 aliphatic heterocycles. The first-order valence-corrected chi connectivity index (χ1v) is 8.19. The van der Waals surface area contributed by atoms with E-state index < -0.39 is 0 Å². The molecule has 0 atom stereocenters. The van der Waals surface area contributed by atoms with Crippen molar-refractivity contribution in [3.63, 3.8) is 0 Å². The van der Waals surface area contributed by atoms with E-state index in [-0.39, 0.29) is 17.0 Å². The highest BCUT2D eigenvalue weighted by Crippen LogP contribution is 2.44. The molecular weight excluding hydrogens is 319 g/mol. The maximum atomic E-state index is 13.3. The molecule has 0 N–H and O–H groups in total. The Morgan fingerprint density at radius 1 is 1.35 bits per heavy atom. The molecule has 1 saturated carbocycles. The van der Waals surface area contributed by atoms with Gasteiger partial charge in [0, 0.05) is 16.3 Å². The molecule has 1 fully saturated rings. The normalized spacial score (nSPS) is 17.6. The predicted molar refractivity (Wildman–Crippen MR) is 83.2 cm³/mol. The molecule has 0 heterocycles. The van der Waals surface area contributed by atoms with Gasteiger partial charge < -0.3 is 0 Å². The van der Waals surface area contributed by atoms with Crippen LogP contribution in [0.15, 0.2) is 22.7 Å². The van der Waals surface area contributed by atoms with E-state index >= 15 is 0 Å². The van der Waals surface area contributed by atoms with E-state index in [2.05, 4.69) is 29.8 Å².